The van der Waals surface area contributed by atoms with Gasteiger partial charge in [-0.3, -0.25) is 4.68 Å². The molecule has 0 radical (unpaired) electrons. The monoisotopic (exact) mass is 350 g/mol. The molecule has 7 nitrogen and oxygen atoms in total. The molecule has 0 aromatic carbocycles. The van der Waals surface area contributed by atoms with Gasteiger partial charge in [-0.05, 0) is 25.3 Å². The Bertz CT molecular complexity index is 1010. The fourth-order valence-corrected chi connectivity index (χ4v) is 3.78. The van der Waals surface area contributed by atoms with Crippen molar-refractivity contribution in [3.8, 4) is 11.3 Å². The van der Waals surface area contributed by atoms with Crippen molar-refractivity contribution in [2.75, 3.05) is 5.73 Å². The molecule has 0 unspecified atom stereocenters. The molecule has 0 bridgehead atoms. The van der Waals surface area contributed by atoms with Crippen molar-refractivity contribution < 1.29 is 5.11 Å². The Morgan fingerprint density at radius 1 is 1.31 bits per heavy atom. The van der Waals surface area contributed by atoms with Gasteiger partial charge in [0, 0.05) is 30.1 Å². The van der Waals surface area contributed by atoms with Gasteiger partial charge in [0.1, 0.15) is 12.1 Å². The first-order chi connectivity index (χ1) is 12.5. The molecular weight excluding hydrogens is 328 g/mol. The van der Waals surface area contributed by atoms with Gasteiger partial charge in [-0.25, -0.2) is 15.0 Å². The van der Waals surface area contributed by atoms with E-state index < -0.39 is 6.10 Å². The number of aromatic nitrogens is 5. The van der Waals surface area contributed by atoms with Crippen molar-refractivity contribution in [2.45, 2.75) is 32.3 Å². The van der Waals surface area contributed by atoms with E-state index in [1.54, 1.807) is 10.9 Å². The Kier molecular flexibility index (Phi) is 3.96. The molecule has 3 N–H and O–H groups in total. The molecule has 3 atom stereocenters. The lowest BCUT2D eigenvalue weighted by Gasteiger charge is -2.32. The summed E-state index contributed by atoms with van der Waals surface area (Å²) in [5.41, 5.74) is 10.6. The smallest absolute Gasteiger partial charge is 0.134 e. The summed E-state index contributed by atoms with van der Waals surface area (Å²) in [6, 6.07) is 1.91. The number of aliphatic hydroxyl groups is 1. The van der Waals surface area contributed by atoms with Crippen molar-refractivity contribution in [2.24, 2.45) is 13.0 Å². The Morgan fingerprint density at radius 2 is 2.12 bits per heavy atom. The molecule has 0 saturated heterocycles. The van der Waals surface area contributed by atoms with E-state index in [2.05, 4.69) is 35.0 Å². The fraction of sp³-hybridized carbons (Fsp3) is 0.368. The molecule has 3 heterocycles. The van der Waals surface area contributed by atoms with Crippen LogP contribution in [0.2, 0.25) is 0 Å². The Hall–Kier alpha value is -2.80. The molecule has 0 amide bonds. The zero-order valence-electron chi connectivity index (χ0n) is 15.1. The third-order valence-electron chi connectivity index (χ3n) is 5.28. The zero-order valence-corrected chi connectivity index (χ0v) is 15.1. The maximum atomic E-state index is 10.4. The van der Waals surface area contributed by atoms with Crippen LogP contribution in [0.4, 0.5) is 5.82 Å². The predicted octanol–water partition coefficient (Wildman–Crippen LogP) is 2.44. The van der Waals surface area contributed by atoms with Crippen LogP contribution in [0, 0.1) is 5.92 Å². The first kappa shape index (κ1) is 16.7. The topological polar surface area (TPSA) is 103 Å². The van der Waals surface area contributed by atoms with Gasteiger partial charge in [-0.2, -0.15) is 5.10 Å². The molecule has 0 aliphatic heterocycles. The van der Waals surface area contributed by atoms with Gasteiger partial charge in [0.25, 0.3) is 0 Å². The lowest BCUT2D eigenvalue weighted by atomic mass is 9.76. The second kappa shape index (κ2) is 6.17. The number of hydrogen-bond donors (Lipinski definition) is 2. The number of nitrogen functional groups attached to an aromatic ring is 1. The van der Waals surface area contributed by atoms with Crippen LogP contribution in [0.15, 0.2) is 36.4 Å². The third kappa shape index (κ3) is 2.64. The lowest BCUT2D eigenvalue weighted by molar-refractivity contribution is 0.102. The summed E-state index contributed by atoms with van der Waals surface area (Å²) in [5, 5.41) is 15.4. The first-order valence-corrected chi connectivity index (χ1v) is 8.70. The fourth-order valence-electron chi connectivity index (χ4n) is 3.78. The molecule has 1 aliphatic carbocycles. The number of allylic oxidation sites excluding steroid dienone is 1. The van der Waals surface area contributed by atoms with Crippen LogP contribution in [0.3, 0.4) is 0 Å². The van der Waals surface area contributed by atoms with E-state index in [4.69, 9.17) is 10.7 Å². The van der Waals surface area contributed by atoms with E-state index in [0.29, 0.717) is 12.2 Å². The predicted molar refractivity (Wildman–Crippen MR) is 100 cm³/mol. The van der Waals surface area contributed by atoms with Gasteiger partial charge in [0.15, 0.2) is 0 Å². The summed E-state index contributed by atoms with van der Waals surface area (Å²) in [5.74, 6) is 0.442. The average molecular weight is 350 g/mol. The Labute approximate surface area is 151 Å². The molecule has 3 aromatic rings. The summed E-state index contributed by atoms with van der Waals surface area (Å²) in [6.07, 6.45) is 7.52. The number of nitrogens with two attached hydrogens (primary N) is 1. The van der Waals surface area contributed by atoms with Crippen LogP contribution in [0.5, 0.6) is 0 Å². The molecular formula is C19H22N6O. The number of nitrogens with zero attached hydrogens (tertiary/aromatic N) is 5. The van der Waals surface area contributed by atoms with Crippen molar-refractivity contribution in [3.63, 3.8) is 0 Å². The van der Waals surface area contributed by atoms with E-state index in [1.807, 2.05) is 19.3 Å². The van der Waals surface area contributed by atoms with Crippen LogP contribution in [-0.2, 0) is 7.05 Å². The highest BCUT2D eigenvalue weighted by Crippen LogP contribution is 2.41. The maximum absolute atomic E-state index is 10.4. The Morgan fingerprint density at radius 3 is 2.85 bits per heavy atom. The van der Waals surface area contributed by atoms with Crippen molar-refractivity contribution in [3.05, 3.63) is 42.1 Å². The number of aryl methyl sites for hydroxylation is 1. The maximum Gasteiger partial charge on any atom is 0.134 e. The minimum Gasteiger partial charge on any atom is -0.392 e. The highest BCUT2D eigenvalue weighted by molar-refractivity contribution is 5.92. The number of hydrogen-bond acceptors (Lipinski definition) is 6. The average Bonchev–Trinajstić information content (AvgIpc) is 3.05. The van der Waals surface area contributed by atoms with Crippen LogP contribution >= 0.6 is 0 Å². The number of pyridine rings is 1. The highest BCUT2D eigenvalue weighted by Gasteiger charge is 2.33. The summed E-state index contributed by atoms with van der Waals surface area (Å²) in [7, 11) is 1.87. The van der Waals surface area contributed by atoms with Crippen LogP contribution < -0.4 is 5.73 Å². The number of aliphatic hydroxyl groups excluding tert-OH is 1. The summed E-state index contributed by atoms with van der Waals surface area (Å²) in [4.78, 5) is 13.5. The van der Waals surface area contributed by atoms with Gasteiger partial charge < -0.3 is 10.8 Å². The van der Waals surface area contributed by atoms with E-state index in [1.165, 1.54) is 11.9 Å². The van der Waals surface area contributed by atoms with E-state index >= 15 is 0 Å². The quantitative estimate of drug-likeness (QED) is 0.688. The van der Waals surface area contributed by atoms with Gasteiger partial charge in [-0.1, -0.05) is 18.6 Å². The summed E-state index contributed by atoms with van der Waals surface area (Å²) in [6.45, 7) is 4.14. The Balaban J connectivity index is 2.00. The molecule has 0 fully saturated rings. The molecule has 1 aliphatic rings. The van der Waals surface area contributed by atoms with Crippen LogP contribution in [-0.4, -0.2) is 35.9 Å². The molecule has 134 valence electrons. The van der Waals surface area contributed by atoms with Crippen molar-refractivity contribution in [1.82, 2.24) is 24.7 Å². The number of anilines is 1. The largest absolute Gasteiger partial charge is 0.392 e. The van der Waals surface area contributed by atoms with Crippen LogP contribution in [0.1, 0.15) is 31.9 Å². The van der Waals surface area contributed by atoms with Gasteiger partial charge in [0.05, 0.1) is 29.2 Å². The van der Waals surface area contributed by atoms with E-state index in [0.717, 1.165) is 27.9 Å². The second-order valence-electron chi connectivity index (χ2n) is 7.04. The molecule has 7 heteroatoms. The molecule has 3 aromatic heterocycles. The lowest BCUT2D eigenvalue weighted by Crippen LogP contribution is -2.29. The standard InChI is InChI=1S/C19H22N6O/c1-10-4-5-15(26)11(2)16(10)18-17-13(19(20)22-9-21-17)6-14(24-18)12-7-23-25(3)8-12/h4,6-9,11,15-16,26H,5H2,1-3H3,(H2,20,21,22)/t11-,15-,16+/m1/s1. The first-order valence-electron chi connectivity index (χ1n) is 8.70. The second-order valence-corrected chi connectivity index (χ2v) is 7.04. The van der Waals surface area contributed by atoms with Crippen molar-refractivity contribution >= 4 is 16.7 Å². The van der Waals surface area contributed by atoms with E-state index in [9.17, 15) is 5.11 Å². The highest BCUT2D eigenvalue weighted by atomic mass is 16.3. The number of fused-ring (bicyclic) bond motifs is 1. The molecule has 0 spiro atoms. The SMILES string of the molecule is CC1=CC[C@@H](O)[C@@H](C)[C@H]1c1nc(-c2cnn(C)c2)cc2c(N)ncnc12. The van der Waals surface area contributed by atoms with Gasteiger partial charge in [0.2, 0.25) is 0 Å². The van der Waals surface area contributed by atoms with Gasteiger partial charge >= 0.3 is 0 Å². The third-order valence-corrected chi connectivity index (χ3v) is 5.28. The van der Waals surface area contributed by atoms with Crippen LogP contribution in [0.25, 0.3) is 22.2 Å². The zero-order chi connectivity index (χ0) is 18.4. The normalized spacial score (nSPS) is 23.2. The molecule has 0 saturated carbocycles. The minimum absolute atomic E-state index is 0.0211. The van der Waals surface area contributed by atoms with Gasteiger partial charge in [-0.15, -0.1) is 0 Å². The number of rotatable bonds is 2. The summed E-state index contributed by atoms with van der Waals surface area (Å²) < 4.78 is 1.74. The molecule has 4 rings (SSSR count). The van der Waals surface area contributed by atoms with Crippen molar-refractivity contribution in [1.29, 1.82) is 0 Å². The molecule has 26 heavy (non-hydrogen) atoms. The summed E-state index contributed by atoms with van der Waals surface area (Å²) >= 11 is 0. The minimum atomic E-state index is -0.401. The van der Waals surface area contributed by atoms with E-state index in [-0.39, 0.29) is 11.8 Å².